The molecule has 0 aromatic heterocycles. The second kappa shape index (κ2) is 6.74. The Kier molecular flexibility index (Phi) is 5.33. The largest absolute Gasteiger partial charge is 0.490 e. The summed E-state index contributed by atoms with van der Waals surface area (Å²) in [5.41, 5.74) is -3.66. The fourth-order valence-electron chi connectivity index (χ4n) is 2.11. The highest BCUT2D eigenvalue weighted by Gasteiger charge is 2.65. The summed E-state index contributed by atoms with van der Waals surface area (Å²) in [5, 5.41) is 12.2. The number of ether oxygens (including phenoxy) is 1. The predicted octanol–water partition coefficient (Wildman–Crippen LogP) is 6.13. The number of carbonyl (C=O) groups excluding carboxylic acids is 1. The fourth-order valence-corrected chi connectivity index (χ4v) is 2.76. The first kappa shape index (κ1) is 23.7. The lowest BCUT2D eigenvalue weighted by molar-refractivity contribution is -0.138. The van der Waals surface area contributed by atoms with Gasteiger partial charge in [0.25, 0.3) is 5.91 Å². The molecule has 2 aromatic carbocycles. The van der Waals surface area contributed by atoms with Crippen molar-refractivity contribution in [2.45, 2.75) is 23.6 Å². The van der Waals surface area contributed by atoms with Crippen LogP contribution in [0.15, 0.2) is 53.4 Å². The maximum absolute atomic E-state index is 12.7. The maximum Gasteiger partial charge on any atom is 0.416 e. The summed E-state index contributed by atoms with van der Waals surface area (Å²) < 4.78 is 106. The highest BCUT2D eigenvalue weighted by atomic mass is 32.5. The van der Waals surface area contributed by atoms with Crippen molar-refractivity contribution in [1.29, 1.82) is 0 Å². The molecule has 0 radical (unpaired) electrons. The molecule has 2 N–H and O–H groups in total. The van der Waals surface area contributed by atoms with Gasteiger partial charge in [0.05, 0.1) is 5.56 Å². The van der Waals surface area contributed by atoms with Crippen LogP contribution in [0.1, 0.15) is 12.5 Å². The van der Waals surface area contributed by atoms with E-state index in [1.54, 1.807) is 0 Å². The van der Waals surface area contributed by atoms with Crippen LogP contribution < -0.4 is 10.1 Å². The number of halogens is 8. The van der Waals surface area contributed by atoms with E-state index in [0.29, 0.717) is 18.2 Å². The second-order valence-corrected chi connectivity index (χ2v) is 8.94. The Bertz CT molecular complexity index is 941. The lowest BCUT2D eigenvalue weighted by Gasteiger charge is -2.40. The third-order valence-electron chi connectivity index (χ3n) is 3.73. The van der Waals surface area contributed by atoms with E-state index >= 15 is 0 Å². The molecule has 0 saturated heterocycles. The van der Waals surface area contributed by atoms with Crippen molar-refractivity contribution >= 4 is 21.8 Å². The molecule has 2 aromatic rings. The Balaban J connectivity index is 2.06. The molecule has 168 valence electrons. The number of alkyl halides is 3. The average Bonchev–Trinajstić information content (AvgIpc) is 2.58. The number of hydrogen-bond acceptors (Lipinski definition) is 3. The lowest BCUT2D eigenvalue weighted by atomic mass is 10.1. The van der Waals surface area contributed by atoms with Gasteiger partial charge in [0, 0.05) is 5.69 Å². The first-order chi connectivity index (χ1) is 13.3. The van der Waals surface area contributed by atoms with E-state index in [1.165, 1.54) is 0 Å². The van der Waals surface area contributed by atoms with E-state index in [2.05, 4.69) is 0 Å². The molecular formula is C17H15F8NO3S. The zero-order valence-corrected chi connectivity index (χ0v) is 15.8. The van der Waals surface area contributed by atoms with E-state index in [-0.39, 0.29) is 23.6 Å². The number of carbonyl (C=O) groups is 1. The molecule has 13 heteroatoms. The predicted molar refractivity (Wildman–Crippen MR) is 94.0 cm³/mol. The first-order valence-corrected chi connectivity index (χ1v) is 9.91. The molecule has 4 nitrogen and oxygen atoms in total. The molecule has 0 spiro atoms. The zero-order chi connectivity index (χ0) is 23.1. The smallest absolute Gasteiger partial charge is 0.416 e. The van der Waals surface area contributed by atoms with Crippen molar-refractivity contribution in [2.24, 2.45) is 0 Å². The Morgan fingerprint density at radius 3 is 2.10 bits per heavy atom. The van der Waals surface area contributed by atoms with Gasteiger partial charge >= 0.3 is 16.4 Å². The molecule has 1 atom stereocenters. The van der Waals surface area contributed by atoms with Crippen molar-refractivity contribution < 1.29 is 47.2 Å². The van der Waals surface area contributed by atoms with Gasteiger partial charge in [0.1, 0.15) is 17.3 Å². The Morgan fingerprint density at radius 1 is 1.03 bits per heavy atom. The summed E-state index contributed by atoms with van der Waals surface area (Å²) in [6, 6.07) is 4.91. The molecule has 0 fully saturated rings. The molecule has 0 bridgehead atoms. The van der Waals surface area contributed by atoms with Crippen molar-refractivity contribution in [3.63, 3.8) is 0 Å². The van der Waals surface area contributed by atoms with Crippen LogP contribution in [-0.2, 0) is 11.0 Å². The van der Waals surface area contributed by atoms with Crippen LogP contribution in [0.25, 0.3) is 0 Å². The molecule has 0 aliphatic heterocycles. The van der Waals surface area contributed by atoms with Gasteiger partial charge in [-0.2, -0.15) is 13.2 Å². The Labute approximate surface area is 165 Å². The zero-order valence-electron chi connectivity index (χ0n) is 15.0. The molecule has 1 unspecified atom stereocenters. The normalized spacial score (nSPS) is 16.7. The summed E-state index contributed by atoms with van der Waals surface area (Å²) in [4.78, 5) is 9.95. The third-order valence-corrected chi connectivity index (χ3v) is 4.89. The molecule has 0 saturated carbocycles. The molecule has 0 heterocycles. The standard InChI is InChI=1S/C17H15F8NO3S/c1-16(28,10-29-13-4-2-3-11(9-13)17(18,19)20)15(27)26-12-5-7-14(8-6-12)30(21,22,23,24)25/h2-9,28H,10H2,1H3,(H,26,27). The topological polar surface area (TPSA) is 58.6 Å². The molecule has 1 amide bonds. The van der Waals surface area contributed by atoms with Crippen molar-refractivity contribution in [3.8, 4) is 5.75 Å². The lowest BCUT2D eigenvalue weighted by Crippen LogP contribution is -2.45. The van der Waals surface area contributed by atoms with Crippen LogP contribution in [0.4, 0.5) is 38.3 Å². The first-order valence-electron chi connectivity index (χ1n) is 7.96. The minimum atomic E-state index is -9.87. The van der Waals surface area contributed by atoms with Gasteiger partial charge in [-0.1, -0.05) is 25.5 Å². The average molecular weight is 465 g/mol. The fraction of sp³-hybridized carbons (Fsp3) is 0.235. The van der Waals surface area contributed by atoms with Gasteiger partial charge in [-0.25, -0.2) is 0 Å². The van der Waals surface area contributed by atoms with Gasteiger partial charge in [0.15, 0.2) is 5.60 Å². The molecule has 30 heavy (non-hydrogen) atoms. The van der Waals surface area contributed by atoms with Crippen LogP contribution in [0.3, 0.4) is 0 Å². The van der Waals surface area contributed by atoms with Crippen LogP contribution >= 0.6 is 10.2 Å². The van der Waals surface area contributed by atoms with Crippen molar-refractivity contribution in [3.05, 3.63) is 54.1 Å². The molecular weight excluding hydrogens is 450 g/mol. The Hall–Kier alpha value is -2.54. The van der Waals surface area contributed by atoms with E-state index in [9.17, 15) is 42.5 Å². The van der Waals surface area contributed by atoms with Gasteiger partial charge in [-0.05, 0) is 49.4 Å². The van der Waals surface area contributed by atoms with Crippen LogP contribution in [-0.4, -0.2) is 23.2 Å². The van der Waals surface area contributed by atoms with Gasteiger partial charge < -0.3 is 15.2 Å². The number of hydrogen-bond donors (Lipinski definition) is 2. The van der Waals surface area contributed by atoms with Gasteiger partial charge in [-0.15, -0.1) is 0 Å². The summed E-state index contributed by atoms with van der Waals surface area (Å²) in [5.74, 6) is -1.48. The molecule has 2 rings (SSSR count). The summed E-state index contributed by atoms with van der Waals surface area (Å²) in [6.07, 6.45) is -4.64. The highest BCUT2D eigenvalue weighted by Crippen LogP contribution is 3.02. The monoisotopic (exact) mass is 465 g/mol. The molecule has 0 aliphatic rings. The second-order valence-electron chi connectivity index (χ2n) is 6.54. The number of amides is 1. The maximum atomic E-state index is 12.7. The van der Waals surface area contributed by atoms with Gasteiger partial charge in [0.2, 0.25) is 0 Å². The quantitative estimate of drug-likeness (QED) is 0.505. The van der Waals surface area contributed by atoms with Crippen molar-refractivity contribution in [2.75, 3.05) is 11.9 Å². The number of benzene rings is 2. The highest BCUT2D eigenvalue weighted by molar-refractivity contribution is 8.45. The number of nitrogens with one attached hydrogen (secondary N) is 1. The Morgan fingerprint density at radius 2 is 1.60 bits per heavy atom. The number of aliphatic hydroxyl groups is 1. The van der Waals surface area contributed by atoms with Crippen LogP contribution in [0, 0.1) is 0 Å². The number of rotatable bonds is 6. The minimum absolute atomic E-state index is 0.0744. The summed E-state index contributed by atoms with van der Waals surface area (Å²) >= 11 is 0. The van der Waals surface area contributed by atoms with E-state index in [4.69, 9.17) is 4.74 Å². The van der Waals surface area contributed by atoms with Crippen LogP contribution in [0.5, 0.6) is 5.75 Å². The summed E-state index contributed by atoms with van der Waals surface area (Å²) in [7, 11) is -9.87. The van der Waals surface area contributed by atoms with Gasteiger partial charge in [-0.3, -0.25) is 4.79 Å². The SMILES string of the molecule is CC(O)(COc1cccc(C(F)(F)F)c1)C(=O)Nc1ccc(S(F)(F)(F)(F)F)cc1. The minimum Gasteiger partial charge on any atom is -0.490 e. The van der Waals surface area contributed by atoms with Crippen molar-refractivity contribution in [1.82, 2.24) is 0 Å². The van der Waals surface area contributed by atoms with E-state index in [0.717, 1.165) is 25.1 Å². The molecule has 0 aliphatic carbocycles. The van der Waals surface area contributed by atoms with E-state index in [1.807, 2.05) is 5.32 Å². The van der Waals surface area contributed by atoms with Crippen LogP contribution in [0.2, 0.25) is 0 Å². The third kappa shape index (κ3) is 6.23. The van der Waals surface area contributed by atoms with E-state index < -0.39 is 45.0 Å². The number of anilines is 1. The summed E-state index contributed by atoms with van der Waals surface area (Å²) in [6.45, 7) is 0.142.